The number of fused-ring (bicyclic) bond motifs is 1. The van der Waals surface area contributed by atoms with Gasteiger partial charge in [0.05, 0.1) is 6.17 Å². The fourth-order valence-electron chi connectivity index (χ4n) is 1.46. The fraction of sp³-hybridized carbons (Fsp3) is 1.00. The molecule has 0 saturated carbocycles. The Balaban J connectivity index is 1.89. The van der Waals surface area contributed by atoms with E-state index in [1.165, 1.54) is 12.8 Å². The van der Waals surface area contributed by atoms with Crippen LogP contribution in [0, 0.1) is 0 Å². The third-order valence-corrected chi connectivity index (χ3v) is 2.13. The standard InChI is InChI=1S/C6H12N2/c1-2-4-3-5-6(7-4)8-5/h4-8H,2-3H2,1H3. The molecule has 2 fully saturated rings. The number of hydrogen-bond donors (Lipinski definition) is 2. The Hall–Kier alpha value is -0.0800. The molecule has 3 unspecified atom stereocenters. The Morgan fingerprint density at radius 3 is 2.75 bits per heavy atom. The van der Waals surface area contributed by atoms with E-state index in [0.29, 0.717) is 6.17 Å². The van der Waals surface area contributed by atoms with E-state index in [1.807, 2.05) is 0 Å². The molecular formula is C6H12N2. The second-order valence-corrected chi connectivity index (χ2v) is 2.76. The Kier molecular flexibility index (Phi) is 0.866. The van der Waals surface area contributed by atoms with Gasteiger partial charge in [0.1, 0.15) is 0 Å². The normalized spacial score (nSPS) is 51.4. The van der Waals surface area contributed by atoms with Gasteiger partial charge in [-0.05, 0) is 12.8 Å². The molecule has 2 saturated heterocycles. The Bertz CT molecular complexity index is 92.7. The van der Waals surface area contributed by atoms with Gasteiger partial charge in [-0.15, -0.1) is 0 Å². The molecule has 0 spiro atoms. The maximum Gasteiger partial charge on any atom is 0.0736 e. The molecule has 2 aliphatic heterocycles. The van der Waals surface area contributed by atoms with Crippen LogP contribution in [0.2, 0.25) is 0 Å². The largest absolute Gasteiger partial charge is 0.298 e. The molecular weight excluding hydrogens is 100 g/mol. The smallest absolute Gasteiger partial charge is 0.0736 e. The molecule has 0 aromatic carbocycles. The molecule has 8 heavy (non-hydrogen) atoms. The Morgan fingerprint density at radius 1 is 1.50 bits per heavy atom. The minimum absolute atomic E-state index is 0.694. The lowest BCUT2D eigenvalue weighted by Crippen LogP contribution is -2.28. The van der Waals surface area contributed by atoms with Crippen molar-refractivity contribution < 1.29 is 0 Å². The molecule has 2 aliphatic rings. The molecule has 2 N–H and O–H groups in total. The van der Waals surface area contributed by atoms with Crippen LogP contribution in [-0.2, 0) is 0 Å². The zero-order valence-electron chi connectivity index (χ0n) is 5.15. The second-order valence-electron chi connectivity index (χ2n) is 2.76. The summed E-state index contributed by atoms with van der Waals surface area (Å²) >= 11 is 0. The van der Waals surface area contributed by atoms with Crippen LogP contribution in [0.4, 0.5) is 0 Å². The van der Waals surface area contributed by atoms with Crippen LogP contribution in [0.25, 0.3) is 0 Å². The minimum Gasteiger partial charge on any atom is -0.298 e. The summed E-state index contributed by atoms with van der Waals surface area (Å²) < 4.78 is 0. The molecule has 3 atom stereocenters. The van der Waals surface area contributed by atoms with Crippen molar-refractivity contribution in [2.24, 2.45) is 0 Å². The van der Waals surface area contributed by atoms with Crippen molar-refractivity contribution in [2.75, 3.05) is 0 Å². The summed E-state index contributed by atoms with van der Waals surface area (Å²) in [6, 6.07) is 1.64. The summed E-state index contributed by atoms with van der Waals surface area (Å²) in [5.41, 5.74) is 0. The van der Waals surface area contributed by atoms with Gasteiger partial charge in [-0.25, -0.2) is 0 Å². The average Bonchev–Trinajstić information content (AvgIpc) is 2.40. The fourth-order valence-corrected chi connectivity index (χ4v) is 1.46. The lowest BCUT2D eigenvalue weighted by molar-refractivity contribution is 0.517. The van der Waals surface area contributed by atoms with E-state index in [9.17, 15) is 0 Å². The highest BCUT2D eigenvalue weighted by atomic mass is 15.3. The van der Waals surface area contributed by atoms with Crippen LogP contribution >= 0.6 is 0 Å². The topological polar surface area (TPSA) is 34.0 Å². The molecule has 2 heteroatoms. The van der Waals surface area contributed by atoms with E-state index in [1.54, 1.807) is 0 Å². The first kappa shape index (κ1) is 4.77. The molecule has 0 amide bonds. The quantitative estimate of drug-likeness (QED) is 0.470. The molecule has 0 radical (unpaired) electrons. The van der Waals surface area contributed by atoms with Crippen LogP contribution in [0.5, 0.6) is 0 Å². The van der Waals surface area contributed by atoms with Crippen LogP contribution in [0.3, 0.4) is 0 Å². The first-order valence-electron chi connectivity index (χ1n) is 3.42. The summed E-state index contributed by atoms with van der Waals surface area (Å²) in [6.45, 7) is 2.24. The van der Waals surface area contributed by atoms with Gasteiger partial charge in [-0.1, -0.05) is 6.92 Å². The predicted molar refractivity (Wildman–Crippen MR) is 32.5 cm³/mol. The van der Waals surface area contributed by atoms with E-state index in [-0.39, 0.29) is 0 Å². The highest BCUT2D eigenvalue weighted by Gasteiger charge is 2.44. The van der Waals surface area contributed by atoms with Gasteiger partial charge in [-0.3, -0.25) is 10.6 Å². The average molecular weight is 112 g/mol. The molecule has 0 aliphatic carbocycles. The summed E-state index contributed by atoms with van der Waals surface area (Å²) in [4.78, 5) is 0. The Labute approximate surface area is 49.7 Å². The molecule has 0 aromatic heterocycles. The molecule has 2 nitrogen and oxygen atoms in total. The number of hydrogen-bond acceptors (Lipinski definition) is 2. The maximum atomic E-state index is 3.47. The van der Waals surface area contributed by atoms with Gasteiger partial charge in [0.15, 0.2) is 0 Å². The molecule has 0 aromatic rings. The summed E-state index contributed by atoms with van der Waals surface area (Å²) in [6.07, 6.45) is 3.33. The molecule has 0 bridgehead atoms. The van der Waals surface area contributed by atoms with E-state index >= 15 is 0 Å². The monoisotopic (exact) mass is 112 g/mol. The van der Waals surface area contributed by atoms with Crippen molar-refractivity contribution in [3.8, 4) is 0 Å². The first-order chi connectivity index (χ1) is 3.90. The lowest BCUT2D eigenvalue weighted by Gasteiger charge is -2.07. The first-order valence-corrected chi connectivity index (χ1v) is 3.42. The van der Waals surface area contributed by atoms with E-state index in [2.05, 4.69) is 17.6 Å². The lowest BCUT2D eigenvalue weighted by atomic mass is 10.2. The number of nitrogens with one attached hydrogen (secondary N) is 2. The zero-order chi connectivity index (χ0) is 5.56. The van der Waals surface area contributed by atoms with Crippen molar-refractivity contribution in [1.82, 2.24) is 10.6 Å². The van der Waals surface area contributed by atoms with Crippen LogP contribution in [0.15, 0.2) is 0 Å². The second kappa shape index (κ2) is 1.45. The van der Waals surface area contributed by atoms with E-state index in [4.69, 9.17) is 0 Å². The minimum atomic E-state index is 0.694. The van der Waals surface area contributed by atoms with E-state index in [0.717, 1.165) is 12.1 Å². The van der Waals surface area contributed by atoms with Gasteiger partial charge in [0.25, 0.3) is 0 Å². The van der Waals surface area contributed by atoms with Gasteiger partial charge in [0, 0.05) is 12.1 Å². The van der Waals surface area contributed by atoms with Crippen LogP contribution in [0.1, 0.15) is 19.8 Å². The van der Waals surface area contributed by atoms with Crippen molar-refractivity contribution in [1.29, 1.82) is 0 Å². The van der Waals surface area contributed by atoms with Gasteiger partial charge >= 0.3 is 0 Å². The van der Waals surface area contributed by atoms with Crippen molar-refractivity contribution in [2.45, 2.75) is 38.0 Å². The van der Waals surface area contributed by atoms with Gasteiger partial charge in [0.2, 0.25) is 0 Å². The zero-order valence-corrected chi connectivity index (χ0v) is 5.15. The molecule has 2 rings (SSSR count). The summed E-state index contributed by atoms with van der Waals surface area (Å²) in [5.74, 6) is 0. The Morgan fingerprint density at radius 2 is 2.38 bits per heavy atom. The SMILES string of the molecule is CCC1CC2NC2N1. The van der Waals surface area contributed by atoms with Crippen LogP contribution in [-0.4, -0.2) is 18.2 Å². The van der Waals surface area contributed by atoms with Crippen molar-refractivity contribution >= 4 is 0 Å². The highest BCUT2D eigenvalue weighted by Crippen LogP contribution is 2.23. The van der Waals surface area contributed by atoms with Crippen molar-refractivity contribution in [3.63, 3.8) is 0 Å². The highest BCUT2D eigenvalue weighted by molar-refractivity contribution is 5.05. The summed E-state index contributed by atoms with van der Waals surface area (Å²) in [5, 5.41) is 6.79. The number of rotatable bonds is 1. The predicted octanol–water partition coefficient (Wildman–Crippen LogP) is 0.0562. The van der Waals surface area contributed by atoms with Gasteiger partial charge in [-0.2, -0.15) is 0 Å². The third-order valence-electron chi connectivity index (χ3n) is 2.13. The van der Waals surface area contributed by atoms with Crippen molar-refractivity contribution in [3.05, 3.63) is 0 Å². The summed E-state index contributed by atoms with van der Waals surface area (Å²) in [7, 11) is 0. The van der Waals surface area contributed by atoms with Gasteiger partial charge < -0.3 is 0 Å². The van der Waals surface area contributed by atoms with Crippen LogP contribution < -0.4 is 10.6 Å². The molecule has 2 heterocycles. The maximum absolute atomic E-state index is 3.47. The third kappa shape index (κ3) is 0.565. The molecule has 46 valence electrons. The van der Waals surface area contributed by atoms with E-state index < -0.39 is 0 Å².